The van der Waals surface area contributed by atoms with Crippen LogP contribution in [0.3, 0.4) is 0 Å². The summed E-state index contributed by atoms with van der Waals surface area (Å²) in [7, 11) is 0. The second-order valence-electron chi connectivity index (χ2n) is 7.89. The third-order valence-corrected chi connectivity index (χ3v) is 6.40. The quantitative estimate of drug-likeness (QED) is 0.833. The molecule has 4 nitrogen and oxygen atoms in total. The van der Waals surface area contributed by atoms with Gasteiger partial charge in [0, 0.05) is 30.1 Å². The summed E-state index contributed by atoms with van der Waals surface area (Å²) >= 11 is 2.08. The van der Waals surface area contributed by atoms with Gasteiger partial charge in [0.25, 0.3) is 0 Å². The second kappa shape index (κ2) is 7.43. The highest BCUT2D eigenvalue weighted by atomic mass is 32.2. The molecule has 2 amide bonds. The number of aliphatic hydroxyl groups excluding tert-OH is 1. The van der Waals surface area contributed by atoms with Gasteiger partial charge in [-0.1, -0.05) is 33.1 Å². The number of thioether (sulfide) groups is 1. The van der Waals surface area contributed by atoms with Crippen LogP contribution in [0.15, 0.2) is 0 Å². The molecule has 0 aromatic heterocycles. The molecule has 1 saturated heterocycles. The molecule has 1 aliphatic heterocycles. The Labute approximate surface area is 139 Å². The SMILES string of the molecule is CC(O)CC(C)(C)CNC(=O)N1CCSC2(CCCCC2)C1. The fourth-order valence-electron chi connectivity index (χ4n) is 3.82. The lowest BCUT2D eigenvalue weighted by atomic mass is 9.87. The monoisotopic (exact) mass is 328 g/mol. The van der Waals surface area contributed by atoms with Crippen LogP contribution in [0.5, 0.6) is 0 Å². The zero-order chi connectivity index (χ0) is 16.2. The van der Waals surface area contributed by atoms with Crippen molar-refractivity contribution in [1.82, 2.24) is 10.2 Å². The number of hydrogen-bond acceptors (Lipinski definition) is 3. The summed E-state index contributed by atoms with van der Waals surface area (Å²) in [6, 6.07) is 0.0731. The van der Waals surface area contributed by atoms with E-state index >= 15 is 0 Å². The molecule has 1 heterocycles. The lowest BCUT2D eigenvalue weighted by Gasteiger charge is -2.44. The van der Waals surface area contributed by atoms with Crippen LogP contribution in [0.4, 0.5) is 4.79 Å². The fourth-order valence-corrected chi connectivity index (χ4v) is 5.38. The van der Waals surface area contributed by atoms with Crippen LogP contribution < -0.4 is 5.32 Å². The van der Waals surface area contributed by atoms with Gasteiger partial charge in [0.1, 0.15) is 0 Å². The Hall–Kier alpha value is -0.420. The highest BCUT2D eigenvalue weighted by Crippen LogP contribution is 2.42. The van der Waals surface area contributed by atoms with E-state index in [0.717, 1.165) is 18.8 Å². The van der Waals surface area contributed by atoms with Gasteiger partial charge >= 0.3 is 6.03 Å². The number of hydrogen-bond donors (Lipinski definition) is 2. The molecule has 22 heavy (non-hydrogen) atoms. The first-order chi connectivity index (χ1) is 10.3. The minimum absolute atomic E-state index is 0.0725. The number of carbonyl (C=O) groups excluding carboxylic acids is 1. The molecule has 0 bridgehead atoms. The third kappa shape index (κ3) is 5.05. The maximum atomic E-state index is 12.5. The van der Waals surface area contributed by atoms with Gasteiger partial charge in [-0.3, -0.25) is 0 Å². The Morgan fingerprint density at radius 1 is 1.36 bits per heavy atom. The highest BCUT2D eigenvalue weighted by Gasteiger charge is 2.38. The normalized spacial score (nSPS) is 23.4. The highest BCUT2D eigenvalue weighted by molar-refractivity contribution is 8.00. The second-order valence-corrected chi connectivity index (χ2v) is 9.45. The van der Waals surface area contributed by atoms with E-state index in [1.807, 2.05) is 4.90 Å². The van der Waals surface area contributed by atoms with Crippen LogP contribution in [0.25, 0.3) is 0 Å². The van der Waals surface area contributed by atoms with E-state index < -0.39 is 0 Å². The van der Waals surface area contributed by atoms with E-state index in [4.69, 9.17) is 0 Å². The van der Waals surface area contributed by atoms with E-state index in [2.05, 4.69) is 30.9 Å². The van der Waals surface area contributed by atoms with Crippen molar-refractivity contribution < 1.29 is 9.90 Å². The lowest BCUT2D eigenvalue weighted by molar-refractivity contribution is 0.126. The van der Waals surface area contributed by atoms with E-state index in [-0.39, 0.29) is 17.6 Å². The number of aliphatic hydroxyl groups is 1. The van der Waals surface area contributed by atoms with Crippen molar-refractivity contribution >= 4 is 17.8 Å². The molecule has 5 heteroatoms. The van der Waals surface area contributed by atoms with Crippen LogP contribution in [0.2, 0.25) is 0 Å². The Morgan fingerprint density at radius 2 is 2.05 bits per heavy atom. The fraction of sp³-hybridized carbons (Fsp3) is 0.941. The number of nitrogens with one attached hydrogen (secondary N) is 1. The molecule has 1 spiro atoms. The van der Waals surface area contributed by atoms with E-state index in [0.29, 0.717) is 17.7 Å². The van der Waals surface area contributed by atoms with E-state index in [1.54, 1.807) is 6.92 Å². The molecule has 2 rings (SSSR count). The summed E-state index contributed by atoms with van der Waals surface area (Å²) in [5.41, 5.74) is -0.0725. The van der Waals surface area contributed by atoms with E-state index in [9.17, 15) is 9.90 Å². The summed E-state index contributed by atoms with van der Waals surface area (Å²) in [5.74, 6) is 1.06. The molecule has 1 atom stereocenters. The summed E-state index contributed by atoms with van der Waals surface area (Å²) in [4.78, 5) is 14.5. The van der Waals surface area contributed by atoms with Gasteiger partial charge in [0.05, 0.1) is 6.10 Å². The topological polar surface area (TPSA) is 52.6 Å². The summed E-state index contributed by atoms with van der Waals surface area (Å²) in [6.45, 7) is 8.37. The first-order valence-corrected chi connectivity index (χ1v) is 9.65. The third-order valence-electron chi connectivity index (χ3n) is 4.87. The number of rotatable bonds is 4. The minimum atomic E-state index is -0.330. The van der Waals surface area contributed by atoms with Crippen molar-refractivity contribution in [3.63, 3.8) is 0 Å². The average Bonchev–Trinajstić information content (AvgIpc) is 2.44. The molecule has 0 aromatic carbocycles. The standard InChI is InChI=1S/C17H32N2O2S/c1-14(20)11-16(2,3)12-18-15(21)19-9-10-22-17(13-19)7-5-4-6-8-17/h14,20H,4-13H2,1-3H3,(H,18,21). The number of amides is 2. The van der Waals surface area contributed by atoms with Gasteiger partial charge in [-0.05, 0) is 31.6 Å². The molecule has 1 aliphatic carbocycles. The maximum absolute atomic E-state index is 12.5. The molecule has 1 saturated carbocycles. The number of urea groups is 1. The van der Waals surface area contributed by atoms with Gasteiger partial charge in [-0.2, -0.15) is 11.8 Å². The molecule has 2 aliphatic rings. The zero-order valence-electron chi connectivity index (χ0n) is 14.4. The molecular weight excluding hydrogens is 296 g/mol. The minimum Gasteiger partial charge on any atom is -0.393 e. The van der Waals surface area contributed by atoms with Crippen molar-refractivity contribution in [3.8, 4) is 0 Å². The molecule has 2 fully saturated rings. The van der Waals surface area contributed by atoms with Crippen LogP contribution in [-0.4, -0.2) is 52.3 Å². The Bertz CT molecular complexity index is 373. The molecule has 0 radical (unpaired) electrons. The van der Waals surface area contributed by atoms with Crippen molar-refractivity contribution in [2.24, 2.45) is 5.41 Å². The number of nitrogens with zero attached hydrogens (tertiary/aromatic N) is 1. The molecule has 0 aromatic rings. The van der Waals surface area contributed by atoms with Crippen molar-refractivity contribution in [2.75, 3.05) is 25.4 Å². The van der Waals surface area contributed by atoms with Gasteiger partial charge in [0.15, 0.2) is 0 Å². The van der Waals surface area contributed by atoms with Gasteiger partial charge in [-0.25, -0.2) is 4.79 Å². The van der Waals surface area contributed by atoms with Gasteiger partial charge in [-0.15, -0.1) is 0 Å². The summed E-state index contributed by atoms with van der Waals surface area (Å²) in [6.07, 6.45) is 6.86. The molecular formula is C17H32N2O2S. The molecule has 2 N–H and O–H groups in total. The molecule has 1 unspecified atom stereocenters. The summed E-state index contributed by atoms with van der Waals surface area (Å²) in [5, 5.41) is 12.6. The molecule has 128 valence electrons. The average molecular weight is 329 g/mol. The van der Waals surface area contributed by atoms with Crippen LogP contribution in [0.1, 0.15) is 59.3 Å². The van der Waals surface area contributed by atoms with Crippen LogP contribution in [0, 0.1) is 5.41 Å². The van der Waals surface area contributed by atoms with Crippen molar-refractivity contribution in [2.45, 2.75) is 70.1 Å². The first-order valence-electron chi connectivity index (χ1n) is 8.67. The van der Waals surface area contributed by atoms with Crippen molar-refractivity contribution in [1.29, 1.82) is 0 Å². The lowest BCUT2D eigenvalue weighted by Crippen LogP contribution is -2.53. The Morgan fingerprint density at radius 3 is 2.68 bits per heavy atom. The Balaban J connectivity index is 1.84. The van der Waals surface area contributed by atoms with Crippen LogP contribution in [-0.2, 0) is 0 Å². The van der Waals surface area contributed by atoms with E-state index in [1.165, 1.54) is 32.1 Å². The van der Waals surface area contributed by atoms with Crippen molar-refractivity contribution in [3.05, 3.63) is 0 Å². The first kappa shape index (κ1) is 17.9. The largest absolute Gasteiger partial charge is 0.393 e. The van der Waals surface area contributed by atoms with Gasteiger partial charge in [0.2, 0.25) is 0 Å². The zero-order valence-corrected chi connectivity index (χ0v) is 15.2. The van der Waals surface area contributed by atoms with Crippen LogP contribution >= 0.6 is 11.8 Å². The number of carbonyl (C=O) groups is 1. The maximum Gasteiger partial charge on any atom is 0.317 e. The smallest absolute Gasteiger partial charge is 0.317 e. The Kier molecular flexibility index (Phi) is 6.06. The predicted molar refractivity (Wildman–Crippen MR) is 93.3 cm³/mol. The predicted octanol–water partition coefficient (Wildman–Crippen LogP) is 3.24. The summed E-state index contributed by atoms with van der Waals surface area (Å²) < 4.78 is 0.322. The van der Waals surface area contributed by atoms with Gasteiger partial charge < -0.3 is 15.3 Å².